The average Bonchev–Trinajstić information content (AvgIpc) is 2.74. The fraction of sp³-hybridized carbons (Fsp3) is 0.333. The van der Waals surface area contributed by atoms with E-state index in [4.69, 9.17) is 0 Å². The van der Waals surface area contributed by atoms with Crippen LogP contribution in [-0.2, 0) is 13.6 Å². The Morgan fingerprint density at radius 1 is 1.31 bits per heavy atom. The van der Waals surface area contributed by atoms with Crippen molar-refractivity contribution < 1.29 is 0 Å². The second-order valence-corrected chi connectivity index (χ2v) is 3.82. The maximum absolute atomic E-state index is 4.31. The van der Waals surface area contributed by atoms with Gasteiger partial charge in [0.1, 0.15) is 5.82 Å². The van der Waals surface area contributed by atoms with Gasteiger partial charge in [0, 0.05) is 32.2 Å². The van der Waals surface area contributed by atoms with Crippen LogP contribution in [0.3, 0.4) is 0 Å². The average molecular weight is 216 g/mol. The normalized spacial score (nSPS) is 12.6. The highest BCUT2D eigenvalue weighted by Gasteiger charge is 2.09. The van der Waals surface area contributed by atoms with Crippen LogP contribution in [0.5, 0.6) is 0 Å². The van der Waals surface area contributed by atoms with E-state index in [-0.39, 0.29) is 6.04 Å². The zero-order chi connectivity index (χ0) is 11.4. The van der Waals surface area contributed by atoms with Crippen LogP contribution >= 0.6 is 0 Å². The lowest BCUT2D eigenvalue weighted by molar-refractivity contribution is 0.525. The largest absolute Gasteiger partial charge is 0.337 e. The molecule has 0 amide bonds. The fourth-order valence-corrected chi connectivity index (χ4v) is 1.65. The van der Waals surface area contributed by atoms with Crippen LogP contribution in [0.2, 0.25) is 0 Å². The maximum atomic E-state index is 4.31. The third kappa shape index (κ3) is 2.46. The standard InChI is InChI=1S/C12H16N4/c1-10(12-14-7-8-16(12)2)15-9-11-5-3-4-6-13-11/h3-8,10,15H,9H2,1-2H3. The Morgan fingerprint density at radius 2 is 2.19 bits per heavy atom. The molecule has 2 heterocycles. The molecule has 1 N–H and O–H groups in total. The highest BCUT2D eigenvalue weighted by Crippen LogP contribution is 2.08. The Morgan fingerprint density at radius 3 is 2.81 bits per heavy atom. The minimum atomic E-state index is 0.224. The van der Waals surface area contributed by atoms with E-state index in [2.05, 4.69) is 22.2 Å². The van der Waals surface area contributed by atoms with E-state index in [9.17, 15) is 0 Å². The molecule has 0 bridgehead atoms. The van der Waals surface area contributed by atoms with Gasteiger partial charge in [-0.1, -0.05) is 6.07 Å². The van der Waals surface area contributed by atoms with Gasteiger partial charge in [0.25, 0.3) is 0 Å². The second-order valence-electron chi connectivity index (χ2n) is 3.82. The summed E-state index contributed by atoms with van der Waals surface area (Å²) in [7, 11) is 2.00. The number of pyridine rings is 1. The Kier molecular flexibility index (Phi) is 3.31. The van der Waals surface area contributed by atoms with E-state index < -0.39 is 0 Å². The van der Waals surface area contributed by atoms with Crippen LogP contribution < -0.4 is 5.32 Å². The number of aryl methyl sites for hydroxylation is 1. The van der Waals surface area contributed by atoms with E-state index in [0.29, 0.717) is 0 Å². The van der Waals surface area contributed by atoms with Crippen molar-refractivity contribution in [3.63, 3.8) is 0 Å². The molecule has 2 aromatic rings. The van der Waals surface area contributed by atoms with Crippen LogP contribution in [0.15, 0.2) is 36.8 Å². The molecular formula is C12H16N4. The smallest absolute Gasteiger partial charge is 0.125 e. The SMILES string of the molecule is CC(NCc1ccccn1)c1nccn1C. The molecule has 0 radical (unpaired) electrons. The highest BCUT2D eigenvalue weighted by atomic mass is 15.1. The summed E-state index contributed by atoms with van der Waals surface area (Å²) in [4.78, 5) is 8.57. The van der Waals surface area contributed by atoms with Crippen molar-refractivity contribution in [3.05, 3.63) is 48.3 Å². The zero-order valence-electron chi connectivity index (χ0n) is 9.59. The first-order valence-corrected chi connectivity index (χ1v) is 5.38. The molecule has 2 aromatic heterocycles. The number of hydrogen-bond donors (Lipinski definition) is 1. The van der Waals surface area contributed by atoms with Crippen molar-refractivity contribution in [3.8, 4) is 0 Å². The predicted octanol–water partition coefficient (Wildman–Crippen LogP) is 1.67. The topological polar surface area (TPSA) is 42.7 Å². The molecule has 84 valence electrons. The fourth-order valence-electron chi connectivity index (χ4n) is 1.65. The zero-order valence-corrected chi connectivity index (χ0v) is 9.59. The third-order valence-corrected chi connectivity index (χ3v) is 2.56. The van der Waals surface area contributed by atoms with Gasteiger partial charge in [-0.3, -0.25) is 4.98 Å². The van der Waals surface area contributed by atoms with Gasteiger partial charge in [0.05, 0.1) is 11.7 Å². The molecule has 0 aliphatic rings. The number of aromatic nitrogens is 3. The van der Waals surface area contributed by atoms with Crippen LogP contribution in [0, 0.1) is 0 Å². The molecular weight excluding hydrogens is 200 g/mol. The molecule has 1 atom stereocenters. The summed E-state index contributed by atoms with van der Waals surface area (Å²) in [6.45, 7) is 2.86. The van der Waals surface area contributed by atoms with Crippen molar-refractivity contribution in [1.29, 1.82) is 0 Å². The molecule has 4 nitrogen and oxygen atoms in total. The molecule has 16 heavy (non-hydrogen) atoms. The lowest BCUT2D eigenvalue weighted by Gasteiger charge is -2.13. The van der Waals surface area contributed by atoms with Crippen molar-refractivity contribution in [2.45, 2.75) is 19.5 Å². The van der Waals surface area contributed by atoms with Gasteiger partial charge >= 0.3 is 0 Å². The van der Waals surface area contributed by atoms with Crippen LogP contribution in [0.4, 0.5) is 0 Å². The first-order chi connectivity index (χ1) is 7.77. The van der Waals surface area contributed by atoms with Gasteiger partial charge in [-0.05, 0) is 19.1 Å². The van der Waals surface area contributed by atoms with E-state index in [1.807, 2.05) is 48.4 Å². The molecule has 0 aromatic carbocycles. The van der Waals surface area contributed by atoms with Crippen LogP contribution in [-0.4, -0.2) is 14.5 Å². The summed E-state index contributed by atoms with van der Waals surface area (Å²) in [6.07, 6.45) is 5.57. The van der Waals surface area contributed by atoms with E-state index in [1.165, 1.54) is 0 Å². The number of nitrogens with one attached hydrogen (secondary N) is 1. The summed E-state index contributed by atoms with van der Waals surface area (Å²) in [5.74, 6) is 1.04. The second kappa shape index (κ2) is 4.90. The van der Waals surface area contributed by atoms with E-state index in [1.54, 1.807) is 0 Å². The number of hydrogen-bond acceptors (Lipinski definition) is 3. The van der Waals surface area contributed by atoms with Crippen LogP contribution in [0.25, 0.3) is 0 Å². The first kappa shape index (κ1) is 10.8. The first-order valence-electron chi connectivity index (χ1n) is 5.38. The van der Waals surface area contributed by atoms with Gasteiger partial charge in [-0.15, -0.1) is 0 Å². The van der Waals surface area contributed by atoms with Crippen molar-refractivity contribution >= 4 is 0 Å². The van der Waals surface area contributed by atoms with E-state index in [0.717, 1.165) is 18.1 Å². The quantitative estimate of drug-likeness (QED) is 0.845. The Hall–Kier alpha value is -1.68. The lowest BCUT2D eigenvalue weighted by Crippen LogP contribution is -2.21. The monoisotopic (exact) mass is 216 g/mol. The summed E-state index contributed by atoms with van der Waals surface area (Å²) in [5, 5.41) is 3.40. The van der Waals surface area contributed by atoms with Gasteiger partial charge < -0.3 is 9.88 Å². The van der Waals surface area contributed by atoms with Crippen molar-refractivity contribution in [2.24, 2.45) is 7.05 Å². The summed E-state index contributed by atoms with van der Waals surface area (Å²) in [5.41, 5.74) is 1.04. The summed E-state index contributed by atoms with van der Waals surface area (Å²) in [6, 6.07) is 6.15. The molecule has 0 aliphatic carbocycles. The molecule has 0 saturated carbocycles. The molecule has 0 spiro atoms. The lowest BCUT2D eigenvalue weighted by atomic mass is 10.3. The highest BCUT2D eigenvalue weighted by molar-refractivity contribution is 5.04. The number of imidazole rings is 1. The summed E-state index contributed by atoms with van der Waals surface area (Å²) < 4.78 is 2.02. The van der Waals surface area contributed by atoms with Crippen LogP contribution in [0.1, 0.15) is 24.5 Å². The summed E-state index contributed by atoms with van der Waals surface area (Å²) >= 11 is 0. The Bertz CT molecular complexity index is 435. The van der Waals surface area contributed by atoms with Crippen molar-refractivity contribution in [2.75, 3.05) is 0 Å². The molecule has 2 rings (SSSR count). The number of nitrogens with zero attached hydrogens (tertiary/aromatic N) is 3. The maximum Gasteiger partial charge on any atom is 0.125 e. The van der Waals surface area contributed by atoms with Gasteiger partial charge in [0.15, 0.2) is 0 Å². The van der Waals surface area contributed by atoms with Gasteiger partial charge in [-0.25, -0.2) is 4.98 Å². The van der Waals surface area contributed by atoms with E-state index >= 15 is 0 Å². The molecule has 0 aliphatic heterocycles. The Balaban J connectivity index is 1.94. The third-order valence-electron chi connectivity index (χ3n) is 2.56. The molecule has 4 heteroatoms. The minimum Gasteiger partial charge on any atom is -0.337 e. The molecule has 1 unspecified atom stereocenters. The molecule has 0 saturated heterocycles. The van der Waals surface area contributed by atoms with Gasteiger partial charge in [-0.2, -0.15) is 0 Å². The van der Waals surface area contributed by atoms with Crippen molar-refractivity contribution in [1.82, 2.24) is 19.9 Å². The Labute approximate surface area is 95.4 Å². The van der Waals surface area contributed by atoms with Gasteiger partial charge in [0.2, 0.25) is 0 Å². The predicted molar refractivity (Wildman–Crippen MR) is 62.7 cm³/mol. The molecule has 0 fully saturated rings. The minimum absolute atomic E-state index is 0.224. The number of rotatable bonds is 4.